The van der Waals surface area contributed by atoms with E-state index in [0.717, 1.165) is 11.1 Å². The summed E-state index contributed by atoms with van der Waals surface area (Å²) in [5, 5.41) is 15.3. The molecule has 0 unspecified atom stereocenters. The number of allylic oxidation sites excluding steroid dienone is 1. The predicted molar refractivity (Wildman–Crippen MR) is 112 cm³/mol. The average Bonchev–Trinajstić information content (AvgIpc) is 3.16. The van der Waals surface area contributed by atoms with Gasteiger partial charge in [0, 0.05) is 24.9 Å². The highest BCUT2D eigenvalue weighted by Gasteiger charge is 2.16. The molecule has 0 bridgehead atoms. The van der Waals surface area contributed by atoms with Crippen LogP contribution >= 0.6 is 0 Å². The minimum absolute atomic E-state index is 0.0728. The highest BCUT2D eigenvalue weighted by Crippen LogP contribution is 2.30. The van der Waals surface area contributed by atoms with E-state index >= 15 is 0 Å². The molecule has 0 saturated heterocycles. The molecule has 3 aromatic rings. The van der Waals surface area contributed by atoms with Crippen LogP contribution in [0.15, 0.2) is 54.7 Å². The van der Waals surface area contributed by atoms with E-state index in [2.05, 4.69) is 5.10 Å². The number of nitro groups is 1. The maximum Gasteiger partial charge on any atom is 0.310 e. The third-order valence-electron chi connectivity index (χ3n) is 4.39. The van der Waals surface area contributed by atoms with Crippen LogP contribution in [0.1, 0.15) is 27.2 Å². The van der Waals surface area contributed by atoms with Crippen molar-refractivity contribution < 1.29 is 19.2 Å². The van der Waals surface area contributed by atoms with Crippen molar-refractivity contribution in [1.29, 1.82) is 0 Å². The number of ketones is 1. The third-order valence-corrected chi connectivity index (χ3v) is 4.39. The van der Waals surface area contributed by atoms with Crippen LogP contribution in [-0.2, 0) is 13.7 Å². The van der Waals surface area contributed by atoms with Gasteiger partial charge in [-0.3, -0.25) is 19.6 Å². The fourth-order valence-corrected chi connectivity index (χ4v) is 2.86. The smallest absolute Gasteiger partial charge is 0.310 e. The topological polar surface area (TPSA) is 96.5 Å². The van der Waals surface area contributed by atoms with Gasteiger partial charge in [0.2, 0.25) is 5.78 Å². The number of hydrogen-bond acceptors (Lipinski definition) is 6. The number of carbonyl (C=O) groups excluding carboxylic acids is 1. The van der Waals surface area contributed by atoms with Gasteiger partial charge in [0.1, 0.15) is 18.1 Å². The van der Waals surface area contributed by atoms with E-state index in [0.29, 0.717) is 17.0 Å². The van der Waals surface area contributed by atoms with Crippen molar-refractivity contribution in [2.24, 2.45) is 7.05 Å². The second-order valence-electron chi connectivity index (χ2n) is 6.66. The number of aryl methyl sites for hydroxylation is 2. The maximum absolute atomic E-state index is 12.2. The number of nitrogens with zero attached hydrogens (tertiary/aromatic N) is 3. The number of carbonyl (C=O) groups is 1. The Labute approximate surface area is 173 Å². The van der Waals surface area contributed by atoms with Gasteiger partial charge in [0.15, 0.2) is 5.75 Å². The van der Waals surface area contributed by atoms with Crippen LogP contribution in [0.25, 0.3) is 6.08 Å². The molecule has 154 valence electrons. The number of aromatic nitrogens is 2. The average molecular weight is 407 g/mol. The fourth-order valence-electron chi connectivity index (χ4n) is 2.86. The second-order valence-corrected chi connectivity index (χ2v) is 6.66. The Morgan fingerprint density at radius 1 is 1.20 bits per heavy atom. The lowest BCUT2D eigenvalue weighted by atomic mass is 10.1. The van der Waals surface area contributed by atoms with Gasteiger partial charge in [-0.2, -0.15) is 5.10 Å². The SMILES string of the molecule is COc1ccc(/C=C/C(=O)c2ccn(C)n2)cc1COc1cc(C)ccc1[N+](=O)[O-]. The molecule has 1 heterocycles. The van der Waals surface area contributed by atoms with Crippen LogP contribution in [0.2, 0.25) is 0 Å². The normalized spacial score (nSPS) is 10.9. The third kappa shape index (κ3) is 4.91. The number of nitro benzene ring substituents is 1. The van der Waals surface area contributed by atoms with Crippen LogP contribution in [0, 0.1) is 17.0 Å². The second kappa shape index (κ2) is 9.04. The molecule has 0 aliphatic carbocycles. The zero-order chi connectivity index (χ0) is 21.7. The van der Waals surface area contributed by atoms with Crippen LogP contribution in [0.4, 0.5) is 5.69 Å². The summed E-state index contributed by atoms with van der Waals surface area (Å²) in [6.07, 6.45) is 4.82. The first-order valence-corrected chi connectivity index (χ1v) is 9.14. The van der Waals surface area contributed by atoms with Crippen molar-refractivity contribution in [3.05, 3.63) is 87.2 Å². The molecule has 3 rings (SSSR count). The van der Waals surface area contributed by atoms with E-state index in [1.54, 1.807) is 54.3 Å². The van der Waals surface area contributed by atoms with Crippen LogP contribution < -0.4 is 9.47 Å². The Hall–Kier alpha value is -3.94. The highest BCUT2D eigenvalue weighted by atomic mass is 16.6. The summed E-state index contributed by atoms with van der Waals surface area (Å²) in [5.41, 5.74) is 2.57. The Balaban J connectivity index is 1.80. The zero-order valence-electron chi connectivity index (χ0n) is 16.9. The summed E-state index contributed by atoms with van der Waals surface area (Å²) in [6.45, 7) is 1.91. The van der Waals surface area contributed by atoms with E-state index in [-0.39, 0.29) is 23.8 Å². The first kappa shape index (κ1) is 20.8. The molecule has 0 aliphatic rings. The van der Waals surface area contributed by atoms with E-state index < -0.39 is 4.92 Å². The molecule has 0 N–H and O–H groups in total. The molecule has 30 heavy (non-hydrogen) atoms. The van der Waals surface area contributed by atoms with E-state index in [9.17, 15) is 14.9 Å². The molecule has 1 aromatic heterocycles. The highest BCUT2D eigenvalue weighted by molar-refractivity contribution is 6.05. The number of rotatable bonds is 8. The standard InChI is InChI=1S/C22H21N3O5/c1-15-4-7-19(25(27)28)22(12-15)30-14-17-13-16(6-9-21(17)29-3)5-8-20(26)18-10-11-24(2)23-18/h4-13H,14H2,1-3H3/b8-5+. The Morgan fingerprint density at radius 3 is 2.67 bits per heavy atom. The summed E-state index contributed by atoms with van der Waals surface area (Å²) in [6, 6.07) is 11.7. The summed E-state index contributed by atoms with van der Waals surface area (Å²) < 4.78 is 12.7. The van der Waals surface area contributed by atoms with Crippen molar-refractivity contribution in [3.8, 4) is 11.5 Å². The largest absolute Gasteiger partial charge is 0.496 e. The number of methoxy groups -OCH3 is 1. The molecule has 0 aliphatic heterocycles. The first-order chi connectivity index (χ1) is 14.4. The minimum atomic E-state index is -0.478. The van der Waals surface area contributed by atoms with Crippen LogP contribution in [0.3, 0.4) is 0 Å². The van der Waals surface area contributed by atoms with Gasteiger partial charge in [-0.05, 0) is 48.4 Å². The zero-order valence-corrected chi connectivity index (χ0v) is 16.9. The van der Waals surface area contributed by atoms with Crippen molar-refractivity contribution in [2.75, 3.05) is 7.11 Å². The molecule has 0 saturated carbocycles. The van der Waals surface area contributed by atoms with Gasteiger partial charge < -0.3 is 9.47 Å². The van der Waals surface area contributed by atoms with Gasteiger partial charge in [-0.15, -0.1) is 0 Å². The molecular weight excluding hydrogens is 386 g/mol. The van der Waals surface area contributed by atoms with Gasteiger partial charge in [0.25, 0.3) is 0 Å². The lowest BCUT2D eigenvalue weighted by molar-refractivity contribution is -0.386. The van der Waals surface area contributed by atoms with Gasteiger partial charge in [-0.1, -0.05) is 18.2 Å². The van der Waals surface area contributed by atoms with Gasteiger partial charge in [-0.25, -0.2) is 0 Å². The quantitative estimate of drug-likeness (QED) is 0.241. The monoisotopic (exact) mass is 407 g/mol. The summed E-state index contributed by atoms with van der Waals surface area (Å²) in [5.74, 6) is 0.562. The maximum atomic E-state index is 12.2. The van der Waals surface area contributed by atoms with Crippen molar-refractivity contribution in [3.63, 3.8) is 0 Å². The predicted octanol–water partition coefficient (Wildman–Crippen LogP) is 4.12. The first-order valence-electron chi connectivity index (χ1n) is 9.14. The molecule has 0 atom stereocenters. The minimum Gasteiger partial charge on any atom is -0.496 e. The van der Waals surface area contributed by atoms with E-state index in [4.69, 9.17) is 9.47 Å². The number of ether oxygens (including phenoxy) is 2. The lowest BCUT2D eigenvalue weighted by Crippen LogP contribution is -2.02. The number of benzene rings is 2. The number of hydrogen-bond donors (Lipinski definition) is 0. The summed E-state index contributed by atoms with van der Waals surface area (Å²) in [4.78, 5) is 23.0. The van der Waals surface area contributed by atoms with Gasteiger partial charge >= 0.3 is 5.69 Å². The molecule has 0 fully saturated rings. The summed E-state index contributed by atoms with van der Waals surface area (Å²) in [7, 11) is 3.28. The Bertz CT molecular complexity index is 1120. The molecule has 2 aromatic carbocycles. The molecule has 0 spiro atoms. The summed E-state index contributed by atoms with van der Waals surface area (Å²) >= 11 is 0. The molecule has 8 nitrogen and oxygen atoms in total. The molecule has 8 heteroatoms. The Kier molecular flexibility index (Phi) is 6.26. The van der Waals surface area contributed by atoms with Crippen molar-refractivity contribution >= 4 is 17.5 Å². The molecule has 0 radical (unpaired) electrons. The van der Waals surface area contributed by atoms with E-state index in [1.807, 2.05) is 13.0 Å². The molecule has 0 amide bonds. The molecular formula is C22H21N3O5. The Morgan fingerprint density at radius 2 is 2.00 bits per heavy atom. The van der Waals surface area contributed by atoms with Crippen molar-refractivity contribution in [1.82, 2.24) is 9.78 Å². The lowest BCUT2D eigenvalue weighted by Gasteiger charge is -2.12. The fraction of sp³-hybridized carbons (Fsp3) is 0.182. The van der Waals surface area contributed by atoms with E-state index in [1.165, 1.54) is 19.3 Å². The van der Waals surface area contributed by atoms with Crippen LogP contribution in [-0.4, -0.2) is 27.6 Å². The van der Waals surface area contributed by atoms with Crippen molar-refractivity contribution in [2.45, 2.75) is 13.5 Å². The van der Waals surface area contributed by atoms with Crippen LogP contribution in [0.5, 0.6) is 11.5 Å². The van der Waals surface area contributed by atoms with Gasteiger partial charge in [0.05, 0.1) is 12.0 Å².